The van der Waals surface area contributed by atoms with Gasteiger partial charge in [0.15, 0.2) is 5.78 Å². The van der Waals surface area contributed by atoms with E-state index in [0.29, 0.717) is 35.4 Å². The fourth-order valence-corrected chi connectivity index (χ4v) is 4.06. The van der Waals surface area contributed by atoms with Crippen molar-refractivity contribution in [2.75, 3.05) is 4.90 Å². The Morgan fingerprint density at radius 1 is 1.11 bits per heavy atom. The molecule has 140 valence electrons. The number of rotatable bonds is 2. The molecule has 0 fully saturated rings. The lowest BCUT2D eigenvalue weighted by molar-refractivity contribution is -0.116. The molecule has 1 aliphatic carbocycles. The van der Waals surface area contributed by atoms with Crippen LogP contribution in [0.4, 0.5) is 10.1 Å². The average Bonchev–Trinajstić information content (AvgIpc) is 2.69. The Morgan fingerprint density at radius 3 is 2.43 bits per heavy atom. The van der Waals surface area contributed by atoms with Gasteiger partial charge in [-0.2, -0.15) is 5.26 Å². The van der Waals surface area contributed by atoms with E-state index in [-0.39, 0.29) is 11.6 Å². The molecule has 0 aromatic heterocycles. The normalized spacial score (nSPS) is 19.5. The Bertz CT molecular complexity index is 1040. The number of halogens is 1. The standard InChI is InChI=1S/C23H20FN3O/c1-14-5-11-17(12-6-14)27-19-3-2-4-20(28)22(19)21(18(13-25)23(27)26)15-7-9-16(24)10-8-15/h5-12,21H,2-4,26H2,1H3. The molecule has 5 heteroatoms. The number of carbonyl (C=O) groups is 1. The zero-order valence-corrected chi connectivity index (χ0v) is 15.6. The van der Waals surface area contributed by atoms with Crippen LogP contribution in [0.25, 0.3) is 0 Å². The highest BCUT2D eigenvalue weighted by atomic mass is 19.1. The molecule has 0 saturated carbocycles. The Hall–Kier alpha value is -3.39. The number of hydrogen-bond acceptors (Lipinski definition) is 4. The summed E-state index contributed by atoms with van der Waals surface area (Å²) in [4.78, 5) is 14.8. The van der Waals surface area contributed by atoms with E-state index in [9.17, 15) is 14.4 Å². The molecule has 4 nitrogen and oxygen atoms in total. The largest absolute Gasteiger partial charge is 0.384 e. The summed E-state index contributed by atoms with van der Waals surface area (Å²) in [5.41, 5.74) is 10.9. The summed E-state index contributed by atoms with van der Waals surface area (Å²) in [5, 5.41) is 9.91. The highest BCUT2D eigenvalue weighted by Crippen LogP contribution is 2.46. The van der Waals surface area contributed by atoms with Gasteiger partial charge in [-0.05, 0) is 49.6 Å². The molecule has 1 atom stereocenters. The number of benzene rings is 2. The molecule has 2 aliphatic rings. The lowest BCUT2D eigenvalue weighted by Gasteiger charge is -2.39. The van der Waals surface area contributed by atoms with Crippen LogP contribution in [0.2, 0.25) is 0 Å². The third-order valence-corrected chi connectivity index (χ3v) is 5.41. The van der Waals surface area contributed by atoms with Crippen molar-refractivity contribution in [2.45, 2.75) is 32.1 Å². The number of nitrogens with zero attached hydrogens (tertiary/aromatic N) is 2. The van der Waals surface area contributed by atoms with Crippen molar-refractivity contribution >= 4 is 11.5 Å². The molecule has 0 bridgehead atoms. The molecular weight excluding hydrogens is 353 g/mol. The van der Waals surface area contributed by atoms with Gasteiger partial charge in [-0.25, -0.2) is 4.39 Å². The molecule has 1 heterocycles. The lowest BCUT2D eigenvalue weighted by Crippen LogP contribution is -2.38. The zero-order valence-electron chi connectivity index (χ0n) is 15.6. The topological polar surface area (TPSA) is 70.1 Å². The highest BCUT2D eigenvalue weighted by Gasteiger charge is 2.40. The quantitative estimate of drug-likeness (QED) is 0.845. The third kappa shape index (κ3) is 2.87. The number of nitrogens with two attached hydrogens (primary N) is 1. The Kier molecular flexibility index (Phi) is 4.48. The first kappa shape index (κ1) is 18.0. The van der Waals surface area contributed by atoms with Gasteiger partial charge in [-0.3, -0.25) is 9.69 Å². The number of Topliss-reactive ketones (excluding diaryl/α,β-unsaturated/α-hetero) is 1. The molecule has 28 heavy (non-hydrogen) atoms. The average molecular weight is 373 g/mol. The number of ketones is 1. The van der Waals surface area contributed by atoms with Gasteiger partial charge in [0.25, 0.3) is 0 Å². The smallest absolute Gasteiger partial charge is 0.161 e. The first-order valence-corrected chi connectivity index (χ1v) is 9.29. The second-order valence-electron chi connectivity index (χ2n) is 7.20. The van der Waals surface area contributed by atoms with Crippen LogP contribution >= 0.6 is 0 Å². The van der Waals surface area contributed by atoms with Crippen molar-refractivity contribution in [1.82, 2.24) is 0 Å². The van der Waals surface area contributed by atoms with Gasteiger partial charge >= 0.3 is 0 Å². The van der Waals surface area contributed by atoms with Gasteiger partial charge < -0.3 is 5.73 Å². The van der Waals surface area contributed by atoms with Crippen LogP contribution < -0.4 is 10.6 Å². The molecule has 2 aromatic rings. The van der Waals surface area contributed by atoms with E-state index >= 15 is 0 Å². The predicted molar refractivity (Wildman–Crippen MR) is 106 cm³/mol. The van der Waals surface area contributed by atoms with E-state index in [1.807, 2.05) is 36.1 Å². The van der Waals surface area contributed by atoms with Crippen LogP contribution in [0.5, 0.6) is 0 Å². The molecule has 0 radical (unpaired) electrons. The molecule has 1 unspecified atom stereocenters. The van der Waals surface area contributed by atoms with Crippen molar-refractivity contribution in [3.05, 3.63) is 88.1 Å². The van der Waals surface area contributed by atoms with E-state index in [4.69, 9.17) is 5.73 Å². The first-order valence-electron chi connectivity index (χ1n) is 9.29. The summed E-state index contributed by atoms with van der Waals surface area (Å²) in [5.74, 6) is -0.572. The van der Waals surface area contributed by atoms with Crippen LogP contribution in [0, 0.1) is 24.1 Å². The van der Waals surface area contributed by atoms with Crippen LogP contribution in [0.15, 0.2) is 71.2 Å². The summed E-state index contributed by atoms with van der Waals surface area (Å²) >= 11 is 0. The number of carbonyl (C=O) groups excluding carboxylic acids is 1. The van der Waals surface area contributed by atoms with Crippen LogP contribution in [0.3, 0.4) is 0 Å². The molecule has 0 amide bonds. The number of anilines is 1. The molecule has 0 spiro atoms. The van der Waals surface area contributed by atoms with E-state index < -0.39 is 5.92 Å². The van der Waals surface area contributed by atoms with Gasteiger partial charge in [-0.1, -0.05) is 29.8 Å². The SMILES string of the molecule is Cc1ccc(N2C(N)=C(C#N)C(c3ccc(F)cc3)C3=C2CCCC3=O)cc1. The second kappa shape index (κ2) is 6.97. The van der Waals surface area contributed by atoms with Crippen molar-refractivity contribution < 1.29 is 9.18 Å². The maximum Gasteiger partial charge on any atom is 0.161 e. The van der Waals surface area contributed by atoms with Crippen molar-refractivity contribution in [3.63, 3.8) is 0 Å². The van der Waals surface area contributed by atoms with E-state index in [0.717, 1.165) is 23.4 Å². The second-order valence-corrected chi connectivity index (χ2v) is 7.20. The number of aryl methyl sites for hydroxylation is 1. The minimum atomic E-state index is -0.560. The van der Waals surface area contributed by atoms with E-state index in [1.165, 1.54) is 12.1 Å². The minimum absolute atomic E-state index is 0.0212. The van der Waals surface area contributed by atoms with E-state index in [1.54, 1.807) is 12.1 Å². The van der Waals surface area contributed by atoms with Gasteiger partial charge in [0.05, 0.1) is 17.6 Å². The maximum atomic E-state index is 13.4. The van der Waals surface area contributed by atoms with E-state index in [2.05, 4.69) is 6.07 Å². The van der Waals surface area contributed by atoms with Crippen LogP contribution in [-0.2, 0) is 4.79 Å². The molecule has 2 N–H and O–H groups in total. The van der Waals surface area contributed by atoms with Crippen molar-refractivity contribution in [2.24, 2.45) is 5.73 Å². The van der Waals surface area contributed by atoms with Gasteiger partial charge in [0.1, 0.15) is 11.6 Å². The molecule has 2 aromatic carbocycles. The van der Waals surface area contributed by atoms with Crippen LogP contribution in [-0.4, -0.2) is 5.78 Å². The van der Waals surface area contributed by atoms with Crippen molar-refractivity contribution in [3.8, 4) is 6.07 Å². The monoisotopic (exact) mass is 373 g/mol. The summed E-state index contributed by atoms with van der Waals surface area (Å²) in [7, 11) is 0. The maximum absolute atomic E-state index is 13.4. The molecule has 1 aliphatic heterocycles. The van der Waals surface area contributed by atoms with Gasteiger partial charge in [0, 0.05) is 23.4 Å². The molecular formula is C23H20FN3O. The minimum Gasteiger partial charge on any atom is -0.384 e. The molecule has 0 saturated heterocycles. The number of allylic oxidation sites excluding steroid dienone is 3. The predicted octanol–water partition coefficient (Wildman–Crippen LogP) is 4.44. The first-order chi connectivity index (χ1) is 13.5. The lowest BCUT2D eigenvalue weighted by atomic mass is 9.75. The van der Waals surface area contributed by atoms with Gasteiger partial charge in [-0.15, -0.1) is 0 Å². The highest BCUT2D eigenvalue weighted by molar-refractivity contribution is 6.01. The number of nitriles is 1. The van der Waals surface area contributed by atoms with Crippen molar-refractivity contribution in [1.29, 1.82) is 5.26 Å². The zero-order chi connectivity index (χ0) is 19.8. The fourth-order valence-electron chi connectivity index (χ4n) is 4.06. The Labute approximate surface area is 163 Å². The van der Waals surface area contributed by atoms with Crippen LogP contribution in [0.1, 0.15) is 36.3 Å². The summed E-state index contributed by atoms with van der Waals surface area (Å²) < 4.78 is 13.4. The van der Waals surface area contributed by atoms with Gasteiger partial charge in [0.2, 0.25) is 0 Å². The summed E-state index contributed by atoms with van der Waals surface area (Å²) in [6, 6.07) is 16.0. The Balaban J connectivity index is 1.95. The fraction of sp³-hybridized carbons (Fsp3) is 0.217. The summed E-state index contributed by atoms with van der Waals surface area (Å²) in [6.45, 7) is 2.00. The summed E-state index contributed by atoms with van der Waals surface area (Å²) in [6.07, 6.45) is 1.88. The Morgan fingerprint density at radius 2 is 1.79 bits per heavy atom. The molecule has 4 rings (SSSR count). The number of hydrogen-bond donors (Lipinski definition) is 1. The third-order valence-electron chi connectivity index (χ3n) is 5.41.